The minimum atomic E-state index is -1.95. The van der Waals surface area contributed by atoms with Crippen molar-refractivity contribution in [3.8, 4) is 0 Å². The Morgan fingerprint density at radius 1 is 1.43 bits per heavy atom. The molecule has 14 heavy (non-hydrogen) atoms. The SMILES string of the molecule is CC(C)C1CCS(=O)(=NCCO)CC1. The molecule has 3 nitrogen and oxygen atoms in total. The van der Waals surface area contributed by atoms with Crippen LogP contribution in [-0.2, 0) is 9.73 Å². The number of aliphatic hydroxyl groups is 1. The maximum Gasteiger partial charge on any atom is 0.0715 e. The molecule has 0 aromatic carbocycles. The third kappa shape index (κ3) is 3.24. The van der Waals surface area contributed by atoms with Gasteiger partial charge >= 0.3 is 0 Å². The third-order valence-electron chi connectivity index (χ3n) is 2.98. The molecular formula is C10H21NO2S. The second-order valence-electron chi connectivity index (χ2n) is 4.34. The molecule has 1 N–H and O–H groups in total. The molecular weight excluding hydrogens is 198 g/mol. The highest BCUT2D eigenvalue weighted by atomic mass is 32.2. The molecule has 0 unspecified atom stereocenters. The van der Waals surface area contributed by atoms with Crippen LogP contribution in [0.5, 0.6) is 0 Å². The van der Waals surface area contributed by atoms with E-state index in [1.807, 2.05) is 0 Å². The summed E-state index contributed by atoms with van der Waals surface area (Å²) in [5.74, 6) is 2.87. The molecule has 1 fully saturated rings. The summed E-state index contributed by atoms with van der Waals surface area (Å²) in [6.45, 7) is 4.81. The maximum absolute atomic E-state index is 12.1. The summed E-state index contributed by atoms with van der Waals surface area (Å²) in [7, 11) is -1.95. The highest BCUT2D eigenvalue weighted by Gasteiger charge is 2.24. The normalized spacial score (nSPS) is 33.3. The predicted molar refractivity (Wildman–Crippen MR) is 59.8 cm³/mol. The van der Waals surface area contributed by atoms with Crippen LogP contribution in [0.4, 0.5) is 0 Å². The lowest BCUT2D eigenvalue weighted by Gasteiger charge is -2.27. The molecule has 1 heterocycles. The first-order chi connectivity index (χ1) is 6.57. The Balaban J connectivity index is 2.53. The Morgan fingerprint density at radius 3 is 2.43 bits per heavy atom. The number of aliphatic hydroxyl groups excluding tert-OH is 1. The molecule has 1 aliphatic rings. The minimum Gasteiger partial charge on any atom is -0.394 e. The summed E-state index contributed by atoms with van der Waals surface area (Å²) < 4.78 is 16.2. The van der Waals surface area contributed by atoms with Crippen molar-refractivity contribution in [2.45, 2.75) is 26.7 Å². The monoisotopic (exact) mass is 219 g/mol. The fourth-order valence-corrected chi connectivity index (χ4v) is 4.14. The lowest BCUT2D eigenvalue weighted by Crippen LogP contribution is -2.26. The van der Waals surface area contributed by atoms with E-state index < -0.39 is 9.73 Å². The molecule has 1 aliphatic heterocycles. The van der Waals surface area contributed by atoms with Crippen molar-refractivity contribution in [2.24, 2.45) is 16.2 Å². The summed E-state index contributed by atoms with van der Waals surface area (Å²) in [5.41, 5.74) is 0. The molecule has 84 valence electrons. The molecule has 1 saturated heterocycles. The van der Waals surface area contributed by atoms with Gasteiger partial charge in [-0.1, -0.05) is 13.8 Å². The Bertz CT molecular complexity index is 266. The average Bonchev–Trinajstić information content (AvgIpc) is 2.16. The van der Waals surface area contributed by atoms with Gasteiger partial charge in [-0.15, -0.1) is 0 Å². The zero-order valence-electron chi connectivity index (χ0n) is 9.11. The molecule has 0 spiro atoms. The first-order valence-electron chi connectivity index (χ1n) is 5.36. The van der Waals surface area contributed by atoms with Crippen LogP contribution in [0.15, 0.2) is 4.36 Å². The molecule has 0 aromatic rings. The Kier molecular flexibility index (Phi) is 4.38. The quantitative estimate of drug-likeness (QED) is 0.782. The van der Waals surface area contributed by atoms with Crippen molar-refractivity contribution in [1.82, 2.24) is 0 Å². The molecule has 0 amide bonds. The van der Waals surface area contributed by atoms with Crippen LogP contribution in [-0.4, -0.2) is 34.0 Å². The molecule has 0 bridgehead atoms. The molecule has 0 aromatic heterocycles. The van der Waals surface area contributed by atoms with Gasteiger partial charge in [0.05, 0.1) is 13.2 Å². The highest BCUT2D eigenvalue weighted by Crippen LogP contribution is 2.26. The van der Waals surface area contributed by atoms with Gasteiger partial charge in [0.1, 0.15) is 0 Å². The van der Waals surface area contributed by atoms with Crippen LogP contribution in [0, 0.1) is 11.8 Å². The summed E-state index contributed by atoms with van der Waals surface area (Å²) in [4.78, 5) is 0. The molecule has 0 aliphatic carbocycles. The van der Waals surface area contributed by atoms with Gasteiger partial charge in [-0.3, -0.25) is 0 Å². The molecule has 0 saturated carbocycles. The van der Waals surface area contributed by atoms with Gasteiger partial charge in [-0.2, -0.15) is 0 Å². The van der Waals surface area contributed by atoms with E-state index in [1.165, 1.54) is 0 Å². The van der Waals surface area contributed by atoms with Crippen LogP contribution in [0.25, 0.3) is 0 Å². The zero-order chi connectivity index (χ0) is 10.6. The van der Waals surface area contributed by atoms with E-state index >= 15 is 0 Å². The molecule has 4 heteroatoms. The van der Waals surface area contributed by atoms with Crippen molar-refractivity contribution >= 4 is 9.73 Å². The smallest absolute Gasteiger partial charge is 0.0715 e. The first-order valence-corrected chi connectivity index (χ1v) is 7.22. The van der Waals surface area contributed by atoms with E-state index in [-0.39, 0.29) is 6.61 Å². The van der Waals surface area contributed by atoms with Gasteiger partial charge in [0, 0.05) is 21.2 Å². The van der Waals surface area contributed by atoms with Crippen LogP contribution in [0.1, 0.15) is 26.7 Å². The highest BCUT2D eigenvalue weighted by molar-refractivity contribution is 7.93. The van der Waals surface area contributed by atoms with Gasteiger partial charge in [-0.05, 0) is 24.7 Å². The van der Waals surface area contributed by atoms with Crippen molar-refractivity contribution in [3.63, 3.8) is 0 Å². The number of hydrogen-bond acceptors (Lipinski definition) is 3. The van der Waals surface area contributed by atoms with Crippen LogP contribution >= 0.6 is 0 Å². The minimum absolute atomic E-state index is 0.0185. The van der Waals surface area contributed by atoms with Gasteiger partial charge in [0.2, 0.25) is 0 Å². The van der Waals surface area contributed by atoms with Crippen LogP contribution < -0.4 is 0 Å². The second kappa shape index (κ2) is 5.12. The van der Waals surface area contributed by atoms with E-state index in [0.29, 0.717) is 18.4 Å². The largest absolute Gasteiger partial charge is 0.394 e. The Morgan fingerprint density at radius 2 is 2.00 bits per heavy atom. The van der Waals surface area contributed by atoms with E-state index in [9.17, 15) is 4.21 Å². The van der Waals surface area contributed by atoms with Crippen molar-refractivity contribution in [1.29, 1.82) is 0 Å². The molecule has 0 radical (unpaired) electrons. The van der Waals surface area contributed by atoms with Crippen molar-refractivity contribution < 1.29 is 9.32 Å². The lowest BCUT2D eigenvalue weighted by molar-refractivity contribution is 0.307. The van der Waals surface area contributed by atoms with E-state index in [2.05, 4.69) is 18.2 Å². The maximum atomic E-state index is 12.1. The third-order valence-corrected chi connectivity index (χ3v) is 5.38. The first kappa shape index (κ1) is 12.0. The molecule has 0 atom stereocenters. The molecule has 1 rings (SSSR count). The zero-order valence-corrected chi connectivity index (χ0v) is 9.92. The predicted octanol–water partition coefficient (Wildman–Crippen LogP) is 1.51. The van der Waals surface area contributed by atoms with E-state index in [0.717, 1.165) is 24.3 Å². The van der Waals surface area contributed by atoms with Gasteiger partial charge in [0.15, 0.2) is 0 Å². The standard InChI is InChI=1S/C10H21NO2S/c1-9(2)10-3-7-14(13,8-4-10)11-5-6-12/h9-10,12H,3-8H2,1-2H3. The fourth-order valence-electron chi connectivity index (χ4n) is 1.92. The van der Waals surface area contributed by atoms with Gasteiger partial charge in [-0.25, -0.2) is 8.57 Å². The average molecular weight is 219 g/mol. The van der Waals surface area contributed by atoms with E-state index in [1.54, 1.807) is 0 Å². The Labute approximate surface area is 87.1 Å². The van der Waals surface area contributed by atoms with Crippen LogP contribution in [0.2, 0.25) is 0 Å². The van der Waals surface area contributed by atoms with Crippen molar-refractivity contribution in [3.05, 3.63) is 0 Å². The lowest BCUT2D eigenvalue weighted by atomic mass is 9.91. The van der Waals surface area contributed by atoms with Crippen LogP contribution in [0.3, 0.4) is 0 Å². The fraction of sp³-hybridized carbons (Fsp3) is 1.00. The summed E-state index contributed by atoms with van der Waals surface area (Å²) in [6, 6.07) is 0. The van der Waals surface area contributed by atoms with Gasteiger partial charge < -0.3 is 5.11 Å². The summed E-state index contributed by atoms with van der Waals surface area (Å²) >= 11 is 0. The second-order valence-corrected chi connectivity index (χ2v) is 6.96. The number of hydrogen-bond donors (Lipinski definition) is 1. The number of nitrogens with zero attached hydrogens (tertiary/aromatic N) is 1. The topological polar surface area (TPSA) is 49.7 Å². The van der Waals surface area contributed by atoms with E-state index in [4.69, 9.17) is 5.11 Å². The number of rotatable bonds is 3. The Hall–Kier alpha value is -0.0900. The summed E-state index contributed by atoms with van der Waals surface area (Å²) in [5, 5.41) is 8.63. The summed E-state index contributed by atoms with van der Waals surface area (Å²) in [6.07, 6.45) is 2.07. The van der Waals surface area contributed by atoms with Gasteiger partial charge in [0.25, 0.3) is 0 Å². The van der Waals surface area contributed by atoms with Crippen molar-refractivity contribution in [2.75, 3.05) is 24.7 Å².